The Hall–Kier alpha value is -2.30. The van der Waals surface area contributed by atoms with Crippen LogP contribution < -0.4 is 0 Å². The van der Waals surface area contributed by atoms with Gasteiger partial charge in [0, 0.05) is 13.1 Å². The summed E-state index contributed by atoms with van der Waals surface area (Å²) in [7, 11) is -4.61. The van der Waals surface area contributed by atoms with Crippen LogP contribution in [0.15, 0.2) is 30.3 Å². The smallest absolute Gasteiger partial charge is 0.410 e. The molecule has 0 spiro atoms. The SMILES string of the molecule is O=C(O)C1C[C@@]2(C(F)(F)F)CN(C(=O)OCc3ccccc3)C[C@H]2S1(=O)=O. The Labute approximate surface area is 152 Å². The van der Waals surface area contributed by atoms with Gasteiger partial charge in [0.25, 0.3) is 0 Å². The van der Waals surface area contributed by atoms with E-state index >= 15 is 0 Å². The van der Waals surface area contributed by atoms with Crippen molar-refractivity contribution in [2.24, 2.45) is 5.41 Å². The van der Waals surface area contributed by atoms with Gasteiger partial charge in [-0.1, -0.05) is 30.3 Å². The number of aliphatic carboxylic acids is 1. The number of rotatable bonds is 3. The third kappa shape index (κ3) is 3.13. The minimum Gasteiger partial charge on any atom is -0.480 e. The molecule has 0 saturated carbocycles. The summed E-state index contributed by atoms with van der Waals surface area (Å²) < 4.78 is 70.9. The number of nitrogens with zero attached hydrogens (tertiary/aromatic N) is 1. The van der Waals surface area contributed by atoms with Gasteiger partial charge in [0.2, 0.25) is 0 Å². The maximum absolute atomic E-state index is 13.7. The molecule has 0 bridgehead atoms. The van der Waals surface area contributed by atoms with Gasteiger partial charge in [-0.05, 0) is 12.0 Å². The first-order chi connectivity index (χ1) is 12.5. The van der Waals surface area contributed by atoms with Crippen LogP contribution in [0.4, 0.5) is 18.0 Å². The molecule has 2 aliphatic rings. The zero-order chi connectivity index (χ0) is 20.0. The van der Waals surface area contributed by atoms with Crippen LogP contribution >= 0.6 is 0 Å². The Morgan fingerprint density at radius 3 is 2.41 bits per heavy atom. The maximum atomic E-state index is 13.7. The Balaban J connectivity index is 1.82. The van der Waals surface area contributed by atoms with Gasteiger partial charge < -0.3 is 14.7 Å². The van der Waals surface area contributed by atoms with Crippen LogP contribution in [0.5, 0.6) is 0 Å². The van der Waals surface area contributed by atoms with Gasteiger partial charge in [-0.15, -0.1) is 0 Å². The third-order valence-corrected chi connectivity index (χ3v) is 7.68. The zero-order valence-electron chi connectivity index (χ0n) is 13.8. The standard InChI is InChI=1S/C16H16F3NO6S/c17-16(18,19)15-6-11(13(21)22)27(24,25)12(15)7-20(9-15)14(23)26-8-10-4-2-1-3-5-10/h1-5,11-12H,6-9H2,(H,21,22)/t11?,12-,15-/m1/s1. The maximum Gasteiger partial charge on any atom is 0.410 e. The van der Waals surface area contributed by atoms with Crippen LogP contribution in [0, 0.1) is 5.41 Å². The van der Waals surface area contributed by atoms with Crippen LogP contribution in [0.1, 0.15) is 12.0 Å². The molecule has 0 aromatic heterocycles. The van der Waals surface area contributed by atoms with Gasteiger partial charge in [0.05, 0.1) is 5.25 Å². The lowest BCUT2D eigenvalue weighted by atomic mass is 9.81. The van der Waals surface area contributed by atoms with E-state index in [9.17, 15) is 31.2 Å². The molecule has 27 heavy (non-hydrogen) atoms. The number of halogens is 3. The summed E-state index contributed by atoms with van der Waals surface area (Å²) in [5.41, 5.74) is -2.19. The first-order valence-corrected chi connectivity index (χ1v) is 9.58. The molecular formula is C16H16F3NO6S. The van der Waals surface area contributed by atoms with E-state index in [-0.39, 0.29) is 6.61 Å². The highest BCUT2D eigenvalue weighted by atomic mass is 32.2. The van der Waals surface area contributed by atoms with E-state index < -0.39 is 63.5 Å². The average molecular weight is 407 g/mol. The molecule has 1 aromatic rings. The van der Waals surface area contributed by atoms with E-state index in [0.717, 1.165) is 0 Å². The van der Waals surface area contributed by atoms with E-state index in [1.807, 2.05) is 0 Å². The van der Waals surface area contributed by atoms with Gasteiger partial charge >= 0.3 is 18.2 Å². The van der Waals surface area contributed by atoms with E-state index in [2.05, 4.69) is 0 Å². The van der Waals surface area contributed by atoms with Crippen molar-refractivity contribution >= 4 is 21.9 Å². The van der Waals surface area contributed by atoms with Gasteiger partial charge in [0.1, 0.15) is 12.0 Å². The summed E-state index contributed by atoms with van der Waals surface area (Å²) in [6.07, 6.45) is -7.16. The quantitative estimate of drug-likeness (QED) is 0.821. The van der Waals surface area contributed by atoms with E-state index in [1.54, 1.807) is 30.3 Å². The predicted octanol–water partition coefficient (Wildman–Crippen LogP) is 1.83. The first kappa shape index (κ1) is 19.5. The van der Waals surface area contributed by atoms with Crippen molar-refractivity contribution < 1.29 is 41.0 Å². The molecule has 1 N–H and O–H groups in total. The second kappa shape index (κ2) is 6.39. The number of fused-ring (bicyclic) bond motifs is 1. The summed E-state index contributed by atoms with van der Waals surface area (Å²) >= 11 is 0. The number of amides is 1. The molecule has 3 atom stereocenters. The van der Waals surface area contributed by atoms with E-state index in [4.69, 9.17) is 9.84 Å². The lowest BCUT2D eigenvalue weighted by Crippen LogP contribution is -2.45. The molecular weight excluding hydrogens is 391 g/mol. The fourth-order valence-corrected chi connectivity index (χ4v) is 6.24. The fourth-order valence-electron chi connectivity index (χ4n) is 3.71. The van der Waals surface area contributed by atoms with Crippen LogP contribution in [0.3, 0.4) is 0 Å². The van der Waals surface area contributed by atoms with Crippen LogP contribution in [0.2, 0.25) is 0 Å². The second-order valence-electron chi connectivity index (χ2n) is 6.68. The van der Waals surface area contributed by atoms with Crippen LogP contribution in [-0.4, -0.2) is 60.3 Å². The number of hydrogen-bond donors (Lipinski definition) is 1. The fraction of sp³-hybridized carbons (Fsp3) is 0.500. The number of carbonyl (C=O) groups excluding carboxylic acids is 1. The summed E-state index contributed by atoms with van der Waals surface area (Å²) in [4.78, 5) is 24.0. The normalized spacial score (nSPS) is 29.4. The number of alkyl halides is 3. The summed E-state index contributed by atoms with van der Waals surface area (Å²) in [5.74, 6) is -1.81. The van der Waals surface area contributed by atoms with Crippen LogP contribution in [0.25, 0.3) is 0 Å². The van der Waals surface area contributed by atoms with E-state index in [1.165, 1.54) is 0 Å². The monoisotopic (exact) mass is 407 g/mol. The highest BCUT2D eigenvalue weighted by molar-refractivity contribution is 7.93. The van der Waals surface area contributed by atoms with Crippen molar-refractivity contribution in [3.05, 3.63) is 35.9 Å². The molecule has 2 saturated heterocycles. The van der Waals surface area contributed by atoms with Gasteiger partial charge in [-0.25, -0.2) is 13.2 Å². The molecule has 1 unspecified atom stereocenters. The van der Waals surface area contributed by atoms with Gasteiger partial charge in [0.15, 0.2) is 15.1 Å². The number of likely N-dealkylation sites (tertiary alicyclic amines) is 1. The van der Waals surface area contributed by atoms with Gasteiger partial charge in [-0.3, -0.25) is 4.79 Å². The first-order valence-electron chi connectivity index (χ1n) is 7.97. The predicted molar refractivity (Wildman–Crippen MR) is 85.4 cm³/mol. The van der Waals surface area contributed by atoms with Gasteiger partial charge in [-0.2, -0.15) is 13.2 Å². The largest absolute Gasteiger partial charge is 0.480 e. The lowest BCUT2D eigenvalue weighted by molar-refractivity contribution is -0.217. The Morgan fingerprint density at radius 2 is 1.89 bits per heavy atom. The molecule has 11 heteroatoms. The second-order valence-corrected chi connectivity index (χ2v) is 9.00. The summed E-state index contributed by atoms with van der Waals surface area (Å²) in [6.45, 7) is -1.87. The molecule has 7 nitrogen and oxygen atoms in total. The highest BCUT2D eigenvalue weighted by Crippen LogP contribution is 2.57. The Kier molecular flexibility index (Phi) is 4.61. The topological polar surface area (TPSA) is 101 Å². The van der Waals surface area contributed by atoms with Crippen molar-refractivity contribution in [1.82, 2.24) is 4.90 Å². The Bertz CT molecular complexity index is 857. The highest BCUT2D eigenvalue weighted by Gasteiger charge is 2.74. The molecule has 2 fully saturated rings. The molecule has 1 aromatic carbocycles. The summed E-state index contributed by atoms with van der Waals surface area (Å²) in [5, 5.41) is 4.87. The van der Waals surface area contributed by atoms with E-state index in [0.29, 0.717) is 10.5 Å². The van der Waals surface area contributed by atoms with Crippen molar-refractivity contribution in [2.75, 3.05) is 13.1 Å². The Morgan fingerprint density at radius 1 is 1.26 bits per heavy atom. The molecule has 3 rings (SSSR count). The zero-order valence-corrected chi connectivity index (χ0v) is 14.7. The number of benzene rings is 1. The van der Waals surface area contributed by atoms with Crippen molar-refractivity contribution in [3.63, 3.8) is 0 Å². The van der Waals surface area contributed by atoms with Crippen molar-refractivity contribution in [2.45, 2.75) is 29.7 Å². The lowest BCUT2D eigenvalue weighted by Gasteiger charge is -2.29. The molecule has 148 valence electrons. The minimum absolute atomic E-state index is 0.176. The molecule has 0 radical (unpaired) electrons. The van der Waals surface area contributed by atoms with Crippen molar-refractivity contribution in [3.8, 4) is 0 Å². The minimum atomic E-state index is -4.98. The number of carboxylic acids is 1. The number of sulfone groups is 1. The van der Waals surface area contributed by atoms with Crippen molar-refractivity contribution in [1.29, 1.82) is 0 Å². The van der Waals surface area contributed by atoms with Crippen LogP contribution in [-0.2, 0) is 26.0 Å². The molecule has 0 aliphatic carbocycles. The number of carboxylic acid groups (broad SMARTS) is 1. The summed E-state index contributed by atoms with van der Waals surface area (Å²) in [6, 6.07) is 8.45. The number of hydrogen-bond acceptors (Lipinski definition) is 5. The number of carbonyl (C=O) groups is 2. The molecule has 2 aliphatic heterocycles. The number of ether oxygens (including phenoxy) is 1. The molecule has 1 amide bonds. The third-order valence-electron chi connectivity index (χ3n) is 5.12. The molecule has 2 heterocycles. The average Bonchev–Trinajstić information content (AvgIpc) is 3.09.